The van der Waals surface area contributed by atoms with Crippen LogP contribution in [-0.2, 0) is 4.79 Å². The summed E-state index contributed by atoms with van der Waals surface area (Å²) in [5.74, 6) is 1.84. The molecule has 2 aliphatic heterocycles. The summed E-state index contributed by atoms with van der Waals surface area (Å²) in [6.45, 7) is 5.05. The highest BCUT2D eigenvalue weighted by atomic mass is 32.2. The number of carbonyl (C=O) groups is 1. The summed E-state index contributed by atoms with van der Waals surface area (Å²) in [6.07, 6.45) is 5.63. The van der Waals surface area contributed by atoms with E-state index in [0.29, 0.717) is 6.04 Å². The zero-order valence-electron chi connectivity index (χ0n) is 16.9. The Morgan fingerprint density at radius 3 is 2.71 bits per heavy atom. The van der Waals surface area contributed by atoms with Crippen LogP contribution in [0.15, 0.2) is 52.4 Å². The zero-order valence-corrected chi connectivity index (χ0v) is 17.7. The normalized spacial score (nSPS) is 20.0. The molecule has 0 aliphatic carbocycles. The third-order valence-corrected chi connectivity index (χ3v) is 6.10. The van der Waals surface area contributed by atoms with Crippen LogP contribution in [0.4, 0.5) is 0 Å². The molecule has 1 amide bonds. The van der Waals surface area contributed by atoms with Gasteiger partial charge in [-0.15, -0.1) is 11.8 Å². The lowest BCUT2D eigenvalue weighted by Crippen LogP contribution is -2.44. The average molecular weight is 402 g/mol. The highest BCUT2D eigenvalue weighted by Crippen LogP contribution is 2.18. The first-order valence-electron chi connectivity index (χ1n) is 9.94. The van der Waals surface area contributed by atoms with Gasteiger partial charge in [0.05, 0.1) is 0 Å². The van der Waals surface area contributed by atoms with Gasteiger partial charge in [-0.1, -0.05) is 30.4 Å². The van der Waals surface area contributed by atoms with Crippen molar-refractivity contribution in [3.63, 3.8) is 0 Å². The third kappa shape index (κ3) is 6.01. The van der Waals surface area contributed by atoms with Crippen LogP contribution >= 0.6 is 11.8 Å². The minimum atomic E-state index is 0.0254. The fraction of sp³-hybridized carbons (Fsp3) is 0.524. The lowest BCUT2D eigenvalue weighted by Gasteiger charge is -2.25. The molecular formula is C21H31N5OS. The number of amides is 1. The second-order valence-corrected chi connectivity index (χ2v) is 8.50. The molecule has 7 heteroatoms. The van der Waals surface area contributed by atoms with Crippen LogP contribution in [0.5, 0.6) is 0 Å². The lowest BCUT2D eigenvalue weighted by molar-refractivity contribution is -0.127. The number of guanidine groups is 1. The molecule has 2 heterocycles. The first kappa shape index (κ1) is 20.7. The van der Waals surface area contributed by atoms with Gasteiger partial charge in [0.15, 0.2) is 5.96 Å². The van der Waals surface area contributed by atoms with Gasteiger partial charge in [-0.25, -0.2) is 4.99 Å². The van der Waals surface area contributed by atoms with Crippen LogP contribution in [0.3, 0.4) is 0 Å². The van der Waals surface area contributed by atoms with E-state index in [9.17, 15) is 4.79 Å². The first-order chi connectivity index (χ1) is 13.6. The SMILES string of the molecule is CN(C)C(=O)CN=C(NCCSc1ccccc1)N1CCC(N2CC=CC2)C1. The largest absolute Gasteiger partial charge is 0.355 e. The molecule has 0 saturated carbocycles. The number of likely N-dealkylation sites (tertiary alicyclic amines) is 1. The van der Waals surface area contributed by atoms with Gasteiger partial charge in [0, 0.05) is 63.5 Å². The Kier molecular flexibility index (Phi) is 7.80. The molecule has 1 atom stereocenters. The molecule has 152 valence electrons. The fourth-order valence-electron chi connectivity index (χ4n) is 3.42. The Morgan fingerprint density at radius 2 is 2.00 bits per heavy atom. The van der Waals surface area contributed by atoms with E-state index >= 15 is 0 Å². The molecule has 0 radical (unpaired) electrons. The van der Waals surface area contributed by atoms with Crippen molar-refractivity contribution in [3.8, 4) is 0 Å². The number of rotatable bonds is 7. The molecule has 2 aliphatic rings. The maximum absolute atomic E-state index is 12.0. The molecule has 1 N–H and O–H groups in total. The van der Waals surface area contributed by atoms with Crippen molar-refractivity contribution < 1.29 is 4.79 Å². The van der Waals surface area contributed by atoms with E-state index in [-0.39, 0.29) is 12.5 Å². The highest BCUT2D eigenvalue weighted by molar-refractivity contribution is 7.99. The Bertz CT molecular complexity index is 683. The molecule has 3 rings (SSSR count). The molecule has 0 aromatic heterocycles. The quantitative estimate of drug-likeness (QED) is 0.248. The predicted octanol–water partition coefficient (Wildman–Crippen LogP) is 1.76. The maximum Gasteiger partial charge on any atom is 0.243 e. The van der Waals surface area contributed by atoms with Gasteiger partial charge in [0.2, 0.25) is 5.91 Å². The summed E-state index contributed by atoms with van der Waals surface area (Å²) >= 11 is 1.83. The third-order valence-electron chi connectivity index (χ3n) is 5.09. The Hall–Kier alpha value is -1.99. The standard InChI is InChI=1S/C21H31N5OS/c1-24(2)20(27)16-23-21(22-11-15-28-19-8-4-3-5-9-19)26-14-10-18(17-26)25-12-6-7-13-25/h3-9,18H,10-17H2,1-2H3,(H,22,23). The van der Waals surface area contributed by atoms with Crippen LogP contribution in [0.25, 0.3) is 0 Å². The number of likely N-dealkylation sites (N-methyl/N-ethyl adjacent to an activating group) is 1. The molecule has 1 aromatic carbocycles. The molecule has 0 spiro atoms. The number of nitrogens with zero attached hydrogens (tertiary/aromatic N) is 4. The molecule has 0 bridgehead atoms. The van der Waals surface area contributed by atoms with Gasteiger partial charge in [0.1, 0.15) is 6.54 Å². The molecule has 1 unspecified atom stereocenters. The monoisotopic (exact) mass is 401 g/mol. The van der Waals surface area contributed by atoms with E-state index in [4.69, 9.17) is 0 Å². The average Bonchev–Trinajstić information content (AvgIpc) is 3.39. The Morgan fingerprint density at radius 1 is 1.25 bits per heavy atom. The number of carbonyl (C=O) groups excluding carboxylic acids is 1. The van der Waals surface area contributed by atoms with E-state index in [2.05, 4.69) is 56.5 Å². The van der Waals surface area contributed by atoms with Gasteiger partial charge >= 0.3 is 0 Å². The summed E-state index contributed by atoms with van der Waals surface area (Å²) < 4.78 is 0. The van der Waals surface area contributed by atoms with E-state index in [1.54, 1.807) is 19.0 Å². The highest BCUT2D eigenvalue weighted by Gasteiger charge is 2.29. The van der Waals surface area contributed by atoms with Crippen LogP contribution in [-0.4, -0.2) is 91.7 Å². The van der Waals surface area contributed by atoms with Gasteiger partial charge < -0.3 is 15.1 Å². The molecule has 1 fully saturated rings. The lowest BCUT2D eigenvalue weighted by atomic mass is 10.2. The van der Waals surface area contributed by atoms with E-state index in [1.807, 2.05) is 17.8 Å². The smallest absolute Gasteiger partial charge is 0.243 e. The van der Waals surface area contributed by atoms with E-state index in [0.717, 1.165) is 50.9 Å². The van der Waals surface area contributed by atoms with Gasteiger partial charge in [-0.05, 0) is 18.6 Å². The number of hydrogen-bond acceptors (Lipinski definition) is 4. The van der Waals surface area contributed by atoms with Crippen molar-refractivity contribution in [2.75, 3.05) is 59.1 Å². The summed E-state index contributed by atoms with van der Waals surface area (Å²) in [5.41, 5.74) is 0. The molecule has 28 heavy (non-hydrogen) atoms. The first-order valence-corrected chi connectivity index (χ1v) is 10.9. The number of aliphatic imine (C=N–C) groups is 1. The number of nitrogens with one attached hydrogen (secondary N) is 1. The van der Waals surface area contributed by atoms with Crippen molar-refractivity contribution in [1.29, 1.82) is 0 Å². The topological polar surface area (TPSA) is 51.2 Å². The summed E-state index contributed by atoms with van der Waals surface area (Å²) in [7, 11) is 3.54. The summed E-state index contributed by atoms with van der Waals surface area (Å²) in [6, 6.07) is 11.0. The minimum Gasteiger partial charge on any atom is -0.355 e. The number of hydrogen-bond donors (Lipinski definition) is 1. The molecule has 1 saturated heterocycles. The predicted molar refractivity (Wildman–Crippen MR) is 117 cm³/mol. The van der Waals surface area contributed by atoms with E-state index < -0.39 is 0 Å². The van der Waals surface area contributed by atoms with Gasteiger partial charge in [-0.2, -0.15) is 0 Å². The van der Waals surface area contributed by atoms with Crippen molar-refractivity contribution in [2.24, 2.45) is 4.99 Å². The van der Waals surface area contributed by atoms with Crippen molar-refractivity contribution in [1.82, 2.24) is 20.0 Å². The summed E-state index contributed by atoms with van der Waals surface area (Å²) in [5, 5.41) is 3.49. The van der Waals surface area contributed by atoms with Crippen molar-refractivity contribution in [3.05, 3.63) is 42.5 Å². The Labute approximate surface area is 172 Å². The van der Waals surface area contributed by atoms with Crippen molar-refractivity contribution >= 4 is 23.6 Å². The molecular weight excluding hydrogens is 370 g/mol. The number of thioether (sulfide) groups is 1. The minimum absolute atomic E-state index is 0.0254. The summed E-state index contributed by atoms with van der Waals surface area (Å²) in [4.78, 5) is 24.3. The second-order valence-electron chi connectivity index (χ2n) is 7.33. The molecule has 1 aromatic rings. The van der Waals surface area contributed by atoms with Gasteiger partial charge in [-0.3, -0.25) is 9.69 Å². The van der Waals surface area contributed by atoms with Crippen LogP contribution in [0, 0.1) is 0 Å². The van der Waals surface area contributed by atoms with Crippen molar-refractivity contribution in [2.45, 2.75) is 17.4 Å². The van der Waals surface area contributed by atoms with Crippen LogP contribution < -0.4 is 5.32 Å². The van der Waals surface area contributed by atoms with Crippen LogP contribution in [0.1, 0.15) is 6.42 Å². The maximum atomic E-state index is 12.0. The second kappa shape index (κ2) is 10.5. The van der Waals surface area contributed by atoms with Crippen LogP contribution in [0.2, 0.25) is 0 Å². The number of benzene rings is 1. The molecule has 6 nitrogen and oxygen atoms in total. The Balaban J connectivity index is 1.54. The zero-order chi connectivity index (χ0) is 19.8. The van der Waals surface area contributed by atoms with Gasteiger partial charge in [0.25, 0.3) is 0 Å². The fourth-order valence-corrected chi connectivity index (χ4v) is 4.21. The van der Waals surface area contributed by atoms with E-state index in [1.165, 1.54) is 4.90 Å².